The van der Waals surface area contributed by atoms with Gasteiger partial charge in [-0.1, -0.05) is 0 Å². The predicted octanol–water partition coefficient (Wildman–Crippen LogP) is 2.37. The first-order valence-electron chi connectivity index (χ1n) is 4.44. The summed E-state index contributed by atoms with van der Waals surface area (Å²) in [5.74, 6) is -0.290. The fraction of sp³-hybridized carbons (Fsp3) is 0.333. The molecule has 1 aromatic rings. The zero-order valence-corrected chi connectivity index (χ0v) is 8.35. The zero-order chi connectivity index (χ0) is 12.3. The largest absolute Gasteiger partial charge is 0.508 e. The lowest BCUT2D eigenvalue weighted by atomic mass is 10.2. The molecule has 0 aliphatic heterocycles. The van der Waals surface area contributed by atoms with Gasteiger partial charge in [0.05, 0.1) is 17.0 Å². The highest BCUT2D eigenvalue weighted by molar-refractivity contribution is 5.64. The van der Waals surface area contributed by atoms with Gasteiger partial charge in [-0.05, 0) is 19.1 Å². The van der Waals surface area contributed by atoms with Crippen LogP contribution in [0.4, 0.5) is 20.2 Å². The Morgan fingerprint density at radius 1 is 1.50 bits per heavy atom. The highest BCUT2D eigenvalue weighted by atomic mass is 19.3. The summed E-state index contributed by atoms with van der Waals surface area (Å²) in [6.45, 7) is 1.21. The van der Waals surface area contributed by atoms with Crippen LogP contribution in [-0.2, 0) is 0 Å². The summed E-state index contributed by atoms with van der Waals surface area (Å²) in [6, 6.07) is 2.07. The minimum atomic E-state index is -2.63. The van der Waals surface area contributed by atoms with E-state index in [-0.39, 0.29) is 11.4 Å². The number of rotatable bonds is 4. The molecule has 16 heavy (non-hydrogen) atoms. The second kappa shape index (κ2) is 4.73. The number of hydrogen-bond donors (Lipinski definition) is 2. The Hall–Kier alpha value is -1.92. The number of nitro groups is 1. The lowest BCUT2D eigenvalue weighted by Gasteiger charge is -2.14. The van der Waals surface area contributed by atoms with E-state index in [1.54, 1.807) is 0 Å². The molecule has 1 atom stereocenters. The first-order chi connectivity index (χ1) is 7.41. The summed E-state index contributed by atoms with van der Waals surface area (Å²) in [5, 5.41) is 22.0. The number of phenols is 1. The third kappa shape index (κ3) is 2.78. The summed E-state index contributed by atoms with van der Waals surface area (Å²) >= 11 is 0. The van der Waals surface area contributed by atoms with Gasteiger partial charge in [0.2, 0.25) is 0 Å². The number of nitrogens with one attached hydrogen (secondary N) is 1. The van der Waals surface area contributed by atoms with E-state index in [9.17, 15) is 18.9 Å². The van der Waals surface area contributed by atoms with E-state index in [1.165, 1.54) is 19.1 Å². The molecule has 0 heterocycles. The minimum Gasteiger partial charge on any atom is -0.508 e. The van der Waals surface area contributed by atoms with Gasteiger partial charge in [0.15, 0.2) is 0 Å². The summed E-state index contributed by atoms with van der Waals surface area (Å²) in [4.78, 5) is 9.84. The highest BCUT2D eigenvalue weighted by Crippen LogP contribution is 2.29. The Balaban J connectivity index is 2.99. The summed E-state index contributed by atoms with van der Waals surface area (Å²) in [5.41, 5.74) is -0.483. The lowest BCUT2D eigenvalue weighted by Crippen LogP contribution is -2.24. The van der Waals surface area contributed by atoms with E-state index in [0.717, 1.165) is 6.07 Å². The average molecular weight is 232 g/mol. The van der Waals surface area contributed by atoms with Gasteiger partial charge in [-0.3, -0.25) is 10.1 Å². The SMILES string of the molecule is CC(Nc1ccc(O)cc1[N+](=O)[O-])C(F)F. The molecule has 0 spiro atoms. The van der Waals surface area contributed by atoms with Gasteiger partial charge in [-0.2, -0.15) is 0 Å². The van der Waals surface area contributed by atoms with Crippen molar-refractivity contribution in [3.8, 4) is 5.75 Å². The van der Waals surface area contributed by atoms with Crippen molar-refractivity contribution in [1.29, 1.82) is 0 Å². The first-order valence-corrected chi connectivity index (χ1v) is 4.44. The van der Waals surface area contributed by atoms with Crippen molar-refractivity contribution in [3.05, 3.63) is 28.3 Å². The zero-order valence-electron chi connectivity index (χ0n) is 8.35. The van der Waals surface area contributed by atoms with E-state index < -0.39 is 23.1 Å². The van der Waals surface area contributed by atoms with Crippen LogP contribution >= 0.6 is 0 Å². The van der Waals surface area contributed by atoms with Crippen molar-refractivity contribution in [1.82, 2.24) is 0 Å². The fourth-order valence-electron chi connectivity index (χ4n) is 1.10. The number of nitrogens with zero attached hydrogens (tertiary/aromatic N) is 1. The number of aromatic hydroxyl groups is 1. The fourth-order valence-corrected chi connectivity index (χ4v) is 1.10. The van der Waals surface area contributed by atoms with Crippen molar-refractivity contribution < 1.29 is 18.8 Å². The van der Waals surface area contributed by atoms with Crippen LogP contribution in [0.3, 0.4) is 0 Å². The maximum Gasteiger partial charge on any atom is 0.296 e. The minimum absolute atomic E-state index is 0.0457. The van der Waals surface area contributed by atoms with E-state index >= 15 is 0 Å². The van der Waals surface area contributed by atoms with Gasteiger partial charge in [0.25, 0.3) is 12.1 Å². The van der Waals surface area contributed by atoms with Crippen LogP contribution in [0.2, 0.25) is 0 Å². The summed E-state index contributed by atoms with van der Waals surface area (Å²) in [6.07, 6.45) is -2.63. The highest BCUT2D eigenvalue weighted by Gasteiger charge is 2.20. The number of benzene rings is 1. The monoisotopic (exact) mass is 232 g/mol. The van der Waals surface area contributed by atoms with Crippen LogP contribution in [-0.4, -0.2) is 22.5 Å². The topological polar surface area (TPSA) is 75.4 Å². The Labute approximate surface area is 89.9 Å². The van der Waals surface area contributed by atoms with E-state index in [2.05, 4.69) is 5.32 Å². The van der Waals surface area contributed by atoms with Crippen LogP contribution in [0.5, 0.6) is 5.75 Å². The van der Waals surface area contributed by atoms with Gasteiger partial charge < -0.3 is 10.4 Å². The number of halogens is 2. The second-order valence-corrected chi connectivity index (χ2v) is 3.23. The number of nitro benzene ring substituents is 1. The van der Waals surface area contributed by atoms with Gasteiger partial charge in [-0.25, -0.2) is 8.78 Å². The molecule has 0 bridgehead atoms. The maximum atomic E-state index is 12.2. The van der Waals surface area contributed by atoms with Gasteiger partial charge in [0.1, 0.15) is 11.4 Å². The van der Waals surface area contributed by atoms with Crippen molar-refractivity contribution in [2.45, 2.75) is 19.4 Å². The molecule has 2 N–H and O–H groups in total. The lowest BCUT2D eigenvalue weighted by molar-refractivity contribution is -0.384. The normalized spacial score (nSPS) is 12.5. The van der Waals surface area contributed by atoms with Crippen molar-refractivity contribution in [3.63, 3.8) is 0 Å². The standard InChI is InChI=1S/C9H10F2N2O3/c1-5(9(10)11)12-7-3-2-6(14)4-8(7)13(15)16/h2-5,9,12,14H,1H3. The number of hydrogen-bond acceptors (Lipinski definition) is 4. The van der Waals surface area contributed by atoms with Crippen molar-refractivity contribution >= 4 is 11.4 Å². The van der Waals surface area contributed by atoms with Crippen molar-refractivity contribution in [2.75, 3.05) is 5.32 Å². The molecule has 0 fully saturated rings. The molecule has 7 heteroatoms. The molecular weight excluding hydrogens is 222 g/mol. The number of phenolic OH excluding ortho intramolecular Hbond substituents is 1. The quantitative estimate of drug-likeness (QED) is 0.474. The maximum absolute atomic E-state index is 12.2. The number of alkyl halides is 2. The molecule has 0 radical (unpaired) electrons. The van der Waals surface area contributed by atoms with Gasteiger partial charge >= 0.3 is 0 Å². The Kier molecular flexibility index (Phi) is 3.60. The predicted molar refractivity (Wildman–Crippen MR) is 53.8 cm³/mol. The number of anilines is 1. The van der Waals surface area contributed by atoms with Crippen LogP contribution in [0, 0.1) is 10.1 Å². The molecule has 1 aromatic carbocycles. The third-order valence-corrected chi connectivity index (χ3v) is 1.94. The average Bonchev–Trinajstić information content (AvgIpc) is 2.20. The Morgan fingerprint density at radius 3 is 2.62 bits per heavy atom. The third-order valence-electron chi connectivity index (χ3n) is 1.94. The summed E-state index contributed by atoms with van der Waals surface area (Å²) in [7, 11) is 0. The molecule has 0 aliphatic carbocycles. The molecule has 0 amide bonds. The molecule has 0 saturated heterocycles. The molecule has 0 saturated carbocycles. The Bertz CT molecular complexity index is 398. The van der Waals surface area contributed by atoms with E-state index in [4.69, 9.17) is 5.11 Å². The van der Waals surface area contributed by atoms with E-state index in [1.807, 2.05) is 0 Å². The molecule has 0 aliphatic rings. The molecule has 1 unspecified atom stereocenters. The Morgan fingerprint density at radius 2 is 2.12 bits per heavy atom. The molecule has 0 aromatic heterocycles. The van der Waals surface area contributed by atoms with Gasteiger partial charge in [0, 0.05) is 0 Å². The van der Waals surface area contributed by atoms with Crippen LogP contribution < -0.4 is 5.32 Å². The van der Waals surface area contributed by atoms with Crippen LogP contribution in [0.15, 0.2) is 18.2 Å². The molecule has 1 rings (SSSR count). The van der Waals surface area contributed by atoms with Gasteiger partial charge in [-0.15, -0.1) is 0 Å². The second-order valence-electron chi connectivity index (χ2n) is 3.23. The van der Waals surface area contributed by atoms with E-state index in [0.29, 0.717) is 0 Å². The van der Waals surface area contributed by atoms with Crippen molar-refractivity contribution in [2.24, 2.45) is 0 Å². The first kappa shape index (κ1) is 12.2. The molecular formula is C9H10F2N2O3. The van der Waals surface area contributed by atoms with Crippen LogP contribution in [0.25, 0.3) is 0 Å². The van der Waals surface area contributed by atoms with Crippen LogP contribution in [0.1, 0.15) is 6.92 Å². The summed E-state index contributed by atoms with van der Waals surface area (Å²) < 4.78 is 24.5. The molecule has 5 nitrogen and oxygen atoms in total. The smallest absolute Gasteiger partial charge is 0.296 e. The molecule has 88 valence electrons.